The SMILES string of the molecule is c1ccc(-c2ccc(N(c3ccc(-c4ccccc4)cc3)c3cccc4c3oc3c5cnccc5ccc43)cc2)cc1. The first-order valence-corrected chi connectivity index (χ1v) is 14.1. The van der Waals surface area contributed by atoms with Crippen LogP contribution in [-0.2, 0) is 0 Å². The molecular formula is C39H26N2O. The smallest absolute Gasteiger partial charge is 0.159 e. The van der Waals surface area contributed by atoms with Gasteiger partial charge >= 0.3 is 0 Å². The van der Waals surface area contributed by atoms with Crippen LogP contribution < -0.4 is 4.90 Å². The zero-order valence-electron chi connectivity index (χ0n) is 22.8. The third kappa shape index (κ3) is 4.11. The van der Waals surface area contributed by atoms with E-state index in [0.717, 1.165) is 49.8 Å². The molecule has 0 saturated carbocycles. The average Bonchev–Trinajstić information content (AvgIpc) is 3.47. The molecule has 0 amide bonds. The van der Waals surface area contributed by atoms with Crippen LogP contribution in [0.3, 0.4) is 0 Å². The number of nitrogens with zero attached hydrogens (tertiary/aromatic N) is 2. The van der Waals surface area contributed by atoms with Gasteiger partial charge in [-0.1, -0.05) is 103 Å². The summed E-state index contributed by atoms with van der Waals surface area (Å²) in [6.07, 6.45) is 3.71. The summed E-state index contributed by atoms with van der Waals surface area (Å²) in [6, 6.07) is 51.2. The highest BCUT2D eigenvalue weighted by Crippen LogP contribution is 2.43. The van der Waals surface area contributed by atoms with Crippen LogP contribution in [0, 0.1) is 0 Å². The van der Waals surface area contributed by atoms with E-state index in [9.17, 15) is 0 Å². The van der Waals surface area contributed by atoms with Gasteiger partial charge in [0.05, 0.1) is 5.69 Å². The molecule has 0 atom stereocenters. The molecule has 3 nitrogen and oxygen atoms in total. The largest absolute Gasteiger partial charge is 0.453 e. The lowest BCUT2D eigenvalue weighted by atomic mass is 10.0. The van der Waals surface area contributed by atoms with Gasteiger partial charge < -0.3 is 9.32 Å². The molecule has 0 radical (unpaired) electrons. The minimum atomic E-state index is 0.850. The Morgan fingerprint density at radius 1 is 0.429 bits per heavy atom. The lowest BCUT2D eigenvalue weighted by Gasteiger charge is -2.26. The maximum absolute atomic E-state index is 6.73. The molecule has 8 rings (SSSR count). The van der Waals surface area contributed by atoms with Crippen molar-refractivity contribution in [1.29, 1.82) is 0 Å². The Balaban J connectivity index is 1.32. The highest BCUT2D eigenvalue weighted by molar-refractivity contribution is 6.17. The Hall–Kier alpha value is -5.67. The molecule has 42 heavy (non-hydrogen) atoms. The van der Waals surface area contributed by atoms with Gasteiger partial charge in [-0.2, -0.15) is 0 Å². The van der Waals surface area contributed by atoms with Gasteiger partial charge in [-0.3, -0.25) is 4.98 Å². The maximum Gasteiger partial charge on any atom is 0.159 e. The summed E-state index contributed by atoms with van der Waals surface area (Å²) in [4.78, 5) is 6.67. The molecule has 0 aliphatic heterocycles. The molecule has 0 saturated heterocycles. The minimum absolute atomic E-state index is 0.850. The monoisotopic (exact) mass is 538 g/mol. The van der Waals surface area contributed by atoms with Gasteiger partial charge in [0.15, 0.2) is 5.58 Å². The summed E-state index contributed by atoms with van der Waals surface area (Å²) < 4.78 is 6.73. The number of furan rings is 1. The van der Waals surface area contributed by atoms with Crippen LogP contribution in [0.5, 0.6) is 0 Å². The second-order valence-electron chi connectivity index (χ2n) is 10.5. The van der Waals surface area contributed by atoms with Crippen LogP contribution in [0.15, 0.2) is 162 Å². The quantitative estimate of drug-likeness (QED) is 0.218. The lowest BCUT2D eigenvalue weighted by Crippen LogP contribution is -2.10. The van der Waals surface area contributed by atoms with E-state index in [0.29, 0.717) is 0 Å². The molecule has 0 spiro atoms. The van der Waals surface area contributed by atoms with E-state index in [4.69, 9.17) is 4.42 Å². The van der Waals surface area contributed by atoms with E-state index in [1.807, 2.05) is 30.6 Å². The molecule has 3 heteroatoms. The van der Waals surface area contributed by atoms with Gasteiger partial charge in [-0.25, -0.2) is 0 Å². The highest BCUT2D eigenvalue weighted by Gasteiger charge is 2.20. The molecule has 198 valence electrons. The molecule has 8 aromatic rings. The second kappa shape index (κ2) is 10.1. The number of hydrogen-bond acceptors (Lipinski definition) is 3. The predicted molar refractivity (Wildman–Crippen MR) is 175 cm³/mol. The zero-order valence-corrected chi connectivity index (χ0v) is 22.8. The number of aromatic nitrogens is 1. The van der Waals surface area contributed by atoms with Gasteiger partial charge in [0.2, 0.25) is 0 Å². The van der Waals surface area contributed by atoms with E-state index in [1.54, 1.807) is 0 Å². The number of benzene rings is 6. The summed E-state index contributed by atoms with van der Waals surface area (Å²) in [7, 11) is 0. The summed E-state index contributed by atoms with van der Waals surface area (Å²) in [6.45, 7) is 0. The van der Waals surface area contributed by atoms with Crippen molar-refractivity contribution in [3.63, 3.8) is 0 Å². The third-order valence-electron chi connectivity index (χ3n) is 7.97. The molecule has 0 aliphatic rings. The predicted octanol–water partition coefficient (Wildman–Crippen LogP) is 10.9. The van der Waals surface area contributed by atoms with Crippen LogP contribution in [0.1, 0.15) is 0 Å². The fraction of sp³-hybridized carbons (Fsp3) is 0. The molecule has 0 bridgehead atoms. The molecule has 2 heterocycles. The van der Waals surface area contributed by atoms with Crippen molar-refractivity contribution in [3.05, 3.63) is 158 Å². The van der Waals surface area contributed by atoms with Gasteiger partial charge in [0.1, 0.15) is 5.58 Å². The van der Waals surface area contributed by atoms with Crippen molar-refractivity contribution < 1.29 is 4.42 Å². The Morgan fingerprint density at radius 3 is 1.62 bits per heavy atom. The van der Waals surface area contributed by atoms with Crippen molar-refractivity contribution in [1.82, 2.24) is 4.98 Å². The molecular weight excluding hydrogens is 512 g/mol. The molecule has 0 unspecified atom stereocenters. The average molecular weight is 539 g/mol. The van der Waals surface area contributed by atoms with Gasteiger partial charge in [0.25, 0.3) is 0 Å². The molecule has 0 N–H and O–H groups in total. The highest BCUT2D eigenvalue weighted by atomic mass is 16.3. The number of rotatable bonds is 5. The Bertz CT molecular complexity index is 2080. The molecule has 2 aromatic heterocycles. The number of pyridine rings is 1. The molecule has 0 aliphatic carbocycles. The number of anilines is 3. The lowest BCUT2D eigenvalue weighted by molar-refractivity contribution is 0.672. The summed E-state index contributed by atoms with van der Waals surface area (Å²) in [5.74, 6) is 0. The van der Waals surface area contributed by atoms with Crippen LogP contribution in [0.25, 0.3) is 55.0 Å². The number of para-hydroxylation sites is 1. The number of fused-ring (bicyclic) bond motifs is 5. The number of hydrogen-bond donors (Lipinski definition) is 0. The Morgan fingerprint density at radius 2 is 1.00 bits per heavy atom. The van der Waals surface area contributed by atoms with Crippen molar-refractivity contribution in [2.75, 3.05) is 4.90 Å². The standard InChI is InChI=1S/C39H26N2O/c1-3-8-27(9-4-1)29-14-19-32(20-15-29)41(33-21-16-30(17-22-33)28-10-5-2-6-11-28)37-13-7-12-34-35-23-18-31-24-25-40-26-36(31)38(35)42-39(34)37/h1-26H. The first-order chi connectivity index (χ1) is 20.8. The van der Waals surface area contributed by atoms with E-state index < -0.39 is 0 Å². The van der Waals surface area contributed by atoms with Crippen molar-refractivity contribution in [2.45, 2.75) is 0 Å². The van der Waals surface area contributed by atoms with Crippen molar-refractivity contribution in [2.24, 2.45) is 0 Å². The first kappa shape index (κ1) is 24.2. The molecule has 0 fully saturated rings. The van der Waals surface area contributed by atoms with E-state index >= 15 is 0 Å². The Labute approximate surface area is 243 Å². The van der Waals surface area contributed by atoms with Gasteiger partial charge in [-0.05, 0) is 70.1 Å². The summed E-state index contributed by atoms with van der Waals surface area (Å²) in [5.41, 5.74) is 9.57. The fourth-order valence-electron chi connectivity index (χ4n) is 5.87. The van der Waals surface area contributed by atoms with Crippen LogP contribution in [0.4, 0.5) is 17.1 Å². The Kier molecular flexibility index (Phi) is 5.79. The van der Waals surface area contributed by atoms with Crippen LogP contribution in [0.2, 0.25) is 0 Å². The zero-order chi connectivity index (χ0) is 27.9. The third-order valence-corrected chi connectivity index (χ3v) is 7.97. The van der Waals surface area contributed by atoms with E-state index in [2.05, 4.69) is 137 Å². The van der Waals surface area contributed by atoms with Crippen molar-refractivity contribution >= 4 is 49.8 Å². The topological polar surface area (TPSA) is 29.3 Å². The van der Waals surface area contributed by atoms with Gasteiger partial charge in [-0.15, -0.1) is 0 Å². The first-order valence-electron chi connectivity index (χ1n) is 14.1. The second-order valence-corrected chi connectivity index (χ2v) is 10.5. The summed E-state index contributed by atoms with van der Waals surface area (Å²) in [5, 5.41) is 4.30. The normalized spacial score (nSPS) is 11.3. The van der Waals surface area contributed by atoms with E-state index in [1.165, 1.54) is 22.3 Å². The van der Waals surface area contributed by atoms with Crippen LogP contribution in [-0.4, -0.2) is 4.98 Å². The maximum atomic E-state index is 6.73. The minimum Gasteiger partial charge on any atom is -0.453 e. The van der Waals surface area contributed by atoms with Gasteiger partial charge in [0, 0.05) is 39.9 Å². The summed E-state index contributed by atoms with van der Waals surface area (Å²) >= 11 is 0. The van der Waals surface area contributed by atoms with Crippen LogP contribution >= 0.6 is 0 Å². The molecule has 6 aromatic carbocycles. The van der Waals surface area contributed by atoms with E-state index in [-0.39, 0.29) is 0 Å². The van der Waals surface area contributed by atoms with Crippen molar-refractivity contribution in [3.8, 4) is 22.3 Å². The fourth-order valence-corrected chi connectivity index (χ4v) is 5.87.